The second kappa shape index (κ2) is 11.3. The number of H-pyrrole nitrogens is 1. The second-order valence-electron chi connectivity index (χ2n) is 7.69. The minimum absolute atomic E-state index is 0.0157. The van der Waals surface area contributed by atoms with Gasteiger partial charge < -0.3 is 19.9 Å². The maximum Gasteiger partial charge on any atom is 0.330 e. The van der Waals surface area contributed by atoms with Crippen LogP contribution in [0.5, 0.6) is 0 Å². The molecule has 1 aliphatic rings. The zero-order chi connectivity index (χ0) is 23.1. The predicted octanol–water partition coefficient (Wildman–Crippen LogP) is 1.01. The summed E-state index contributed by atoms with van der Waals surface area (Å²) >= 11 is 1.28. The zero-order valence-electron chi connectivity index (χ0n) is 18.6. The van der Waals surface area contributed by atoms with Crippen molar-refractivity contribution in [2.24, 2.45) is 0 Å². The SMILES string of the molecule is CCCCn1c(N)c(N(CCOC)C(=O)CSc2nnc3n2CCCCC3)c(=O)[nH]c1=O. The number of aryl methyl sites for hydroxylation is 1. The number of ether oxygens (including phenoxy) is 1. The van der Waals surface area contributed by atoms with Gasteiger partial charge in [0.2, 0.25) is 5.91 Å². The molecule has 3 N–H and O–H groups in total. The highest BCUT2D eigenvalue weighted by Crippen LogP contribution is 2.24. The molecular formula is C20H31N7O4S. The Balaban J connectivity index is 1.85. The minimum atomic E-state index is -0.689. The van der Waals surface area contributed by atoms with Crippen LogP contribution in [0.15, 0.2) is 14.7 Å². The highest BCUT2D eigenvalue weighted by molar-refractivity contribution is 7.99. The van der Waals surface area contributed by atoms with Gasteiger partial charge in [0.25, 0.3) is 5.56 Å². The quantitative estimate of drug-likeness (QED) is 0.495. The van der Waals surface area contributed by atoms with Crippen LogP contribution in [0.3, 0.4) is 0 Å². The molecule has 0 spiro atoms. The fourth-order valence-corrected chi connectivity index (χ4v) is 4.55. The largest absolute Gasteiger partial charge is 0.383 e. The molecule has 0 fully saturated rings. The molecule has 1 aliphatic heterocycles. The number of nitrogens with one attached hydrogen (secondary N) is 1. The molecule has 0 radical (unpaired) electrons. The van der Waals surface area contributed by atoms with Crippen LogP contribution in [-0.4, -0.2) is 56.2 Å². The van der Waals surface area contributed by atoms with Crippen LogP contribution in [0.1, 0.15) is 44.9 Å². The summed E-state index contributed by atoms with van der Waals surface area (Å²) in [6.45, 7) is 3.53. The number of thioether (sulfide) groups is 1. The lowest BCUT2D eigenvalue weighted by molar-refractivity contribution is -0.116. The standard InChI is InChI=1S/C20H31N7O4S/c1-3-4-9-27-17(21)16(18(29)22-19(27)30)26(11-12-31-2)15(28)13-32-20-24-23-14-8-6-5-7-10-25(14)20/h3-13,21H2,1-2H3,(H,22,29,30). The van der Waals surface area contributed by atoms with Gasteiger partial charge in [-0.25, -0.2) is 4.79 Å². The molecule has 0 saturated heterocycles. The first-order valence-electron chi connectivity index (χ1n) is 10.9. The zero-order valence-corrected chi connectivity index (χ0v) is 19.4. The predicted molar refractivity (Wildman–Crippen MR) is 123 cm³/mol. The molecule has 3 rings (SSSR count). The minimum Gasteiger partial charge on any atom is -0.383 e. The Morgan fingerprint density at radius 2 is 2.09 bits per heavy atom. The topological polar surface area (TPSA) is 141 Å². The number of carbonyl (C=O) groups is 1. The van der Waals surface area contributed by atoms with E-state index >= 15 is 0 Å². The molecule has 2 aromatic heterocycles. The molecule has 0 bridgehead atoms. The first-order valence-corrected chi connectivity index (χ1v) is 11.9. The van der Waals surface area contributed by atoms with E-state index in [9.17, 15) is 14.4 Å². The maximum absolute atomic E-state index is 13.2. The Hall–Kier alpha value is -2.60. The Labute approximate surface area is 190 Å². The number of aromatic nitrogens is 5. The van der Waals surface area contributed by atoms with Crippen LogP contribution in [0, 0.1) is 0 Å². The van der Waals surface area contributed by atoms with Crippen LogP contribution < -0.4 is 21.9 Å². The second-order valence-corrected chi connectivity index (χ2v) is 8.63. The van der Waals surface area contributed by atoms with Gasteiger partial charge in [-0.1, -0.05) is 31.5 Å². The number of rotatable bonds is 10. The number of unbranched alkanes of at least 4 members (excludes halogenated alkanes) is 1. The van der Waals surface area contributed by atoms with E-state index in [0.29, 0.717) is 11.7 Å². The van der Waals surface area contributed by atoms with Crippen molar-refractivity contribution in [3.8, 4) is 0 Å². The molecule has 0 aromatic carbocycles. The third-order valence-corrected chi connectivity index (χ3v) is 6.39. The van der Waals surface area contributed by atoms with E-state index in [2.05, 4.69) is 19.7 Å². The number of hydrogen-bond donors (Lipinski definition) is 2. The van der Waals surface area contributed by atoms with Crippen LogP contribution in [0.25, 0.3) is 0 Å². The number of fused-ring (bicyclic) bond motifs is 1. The molecule has 0 saturated carbocycles. The molecule has 0 unspecified atom stereocenters. The van der Waals surface area contributed by atoms with E-state index in [1.54, 1.807) is 0 Å². The van der Waals surface area contributed by atoms with Crippen molar-refractivity contribution in [2.75, 3.05) is 36.6 Å². The van der Waals surface area contributed by atoms with E-state index in [-0.39, 0.29) is 36.3 Å². The molecular weight excluding hydrogens is 434 g/mol. The first-order chi connectivity index (χ1) is 15.5. The van der Waals surface area contributed by atoms with Crippen molar-refractivity contribution in [3.63, 3.8) is 0 Å². The Morgan fingerprint density at radius 3 is 2.84 bits per heavy atom. The van der Waals surface area contributed by atoms with Gasteiger partial charge in [0, 0.05) is 33.2 Å². The van der Waals surface area contributed by atoms with Crippen LogP contribution in [-0.2, 0) is 29.0 Å². The summed E-state index contributed by atoms with van der Waals surface area (Å²) in [6.07, 6.45) is 5.74. The Kier molecular flexibility index (Phi) is 8.51. The molecule has 1 amide bonds. The fourth-order valence-electron chi connectivity index (χ4n) is 3.69. The first kappa shape index (κ1) is 24.1. The third-order valence-electron chi connectivity index (χ3n) is 5.44. The number of amides is 1. The molecule has 11 nitrogen and oxygen atoms in total. The normalized spacial score (nSPS) is 13.6. The third kappa shape index (κ3) is 5.41. The number of hydrogen-bond acceptors (Lipinski definition) is 8. The van der Waals surface area contributed by atoms with Crippen LogP contribution >= 0.6 is 11.8 Å². The van der Waals surface area contributed by atoms with Crippen molar-refractivity contribution in [1.82, 2.24) is 24.3 Å². The van der Waals surface area contributed by atoms with Crippen LogP contribution in [0.4, 0.5) is 11.5 Å². The lowest BCUT2D eigenvalue weighted by Gasteiger charge is -2.24. The summed E-state index contributed by atoms with van der Waals surface area (Å²) in [4.78, 5) is 41.7. The van der Waals surface area contributed by atoms with E-state index in [0.717, 1.165) is 50.9 Å². The summed E-state index contributed by atoms with van der Waals surface area (Å²) < 4.78 is 8.50. The number of nitrogen functional groups attached to an aromatic ring is 1. The van der Waals surface area contributed by atoms with Gasteiger partial charge in [-0.2, -0.15) is 0 Å². The summed E-state index contributed by atoms with van der Waals surface area (Å²) in [6, 6.07) is 0. The van der Waals surface area contributed by atoms with Crippen molar-refractivity contribution < 1.29 is 9.53 Å². The van der Waals surface area contributed by atoms with Gasteiger partial charge in [0.1, 0.15) is 11.6 Å². The number of nitrogens with zero attached hydrogens (tertiary/aromatic N) is 5. The summed E-state index contributed by atoms with van der Waals surface area (Å²) in [5.41, 5.74) is 4.92. The molecule has 3 heterocycles. The number of carbonyl (C=O) groups excluding carboxylic acids is 1. The Bertz CT molecular complexity index is 1050. The van der Waals surface area contributed by atoms with Gasteiger partial charge in [-0.05, 0) is 19.3 Å². The number of anilines is 2. The van der Waals surface area contributed by atoms with Crippen LogP contribution in [0.2, 0.25) is 0 Å². The number of nitrogens with two attached hydrogens (primary N) is 1. The molecule has 2 aromatic rings. The average molecular weight is 466 g/mol. The summed E-state index contributed by atoms with van der Waals surface area (Å²) in [5, 5.41) is 9.19. The summed E-state index contributed by atoms with van der Waals surface area (Å²) in [5.74, 6) is 0.653. The van der Waals surface area contributed by atoms with Gasteiger partial charge in [0.15, 0.2) is 10.8 Å². The van der Waals surface area contributed by atoms with Crippen molar-refractivity contribution in [3.05, 3.63) is 26.7 Å². The summed E-state index contributed by atoms with van der Waals surface area (Å²) in [7, 11) is 1.51. The van der Waals surface area contributed by atoms with Gasteiger partial charge in [-0.15, -0.1) is 10.2 Å². The highest BCUT2D eigenvalue weighted by Gasteiger charge is 2.25. The molecule has 176 valence electrons. The number of aromatic amines is 1. The average Bonchev–Trinajstić information content (AvgIpc) is 2.99. The molecule has 12 heteroatoms. The fraction of sp³-hybridized carbons (Fsp3) is 0.650. The van der Waals surface area contributed by atoms with Crippen molar-refractivity contribution in [1.29, 1.82) is 0 Å². The highest BCUT2D eigenvalue weighted by atomic mass is 32.2. The van der Waals surface area contributed by atoms with Crippen molar-refractivity contribution >= 4 is 29.2 Å². The molecule has 0 atom stereocenters. The maximum atomic E-state index is 13.2. The monoisotopic (exact) mass is 465 g/mol. The van der Waals surface area contributed by atoms with Gasteiger partial charge >= 0.3 is 5.69 Å². The smallest absolute Gasteiger partial charge is 0.330 e. The molecule has 32 heavy (non-hydrogen) atoms. The van der Waals surface area contributed by atoms with Gasteiger partial charge in [-0.3, -0.25) is 19.1 Å². The van der Waals surface area contributed by atoms with E-state index in [4.69, 9.17) is 10.5 Å². The van der Waals surface area contributed by atoms with E-state index in [1.807, 2.05) is 6.92 Å². The van der Waals surface area contributed by atoms with E-state index < -0.39 is 11.2 Å². The Morgan fingerprint density at radius 1 is 1.28 bits per heavy atom. The van der Waals surface area contributed by atoms with Crippen molar-refractivity contribution in [2.45, 2.75) is 63.7 Å². The van der Waals surface area contributed by atoms with Gasteiger partial charge in [0.05, 0.1) is 12.4 Å². The lowest BCUT2D eigenvalue weighted by atomic mass is 10.2. The molecule has 0 aliphatic carbocycles. The number of methoxy groups -OCH3 is 1. The van der Waals surface area contributed by atoms with E-state index in [1.165, 1.54) is 28.3 Å². The lowest BCUT2D eigenvalue weighted by Crippen LogP contribution is -2.43.